The Balaban J connectivity index is 1.75. The van der Waals surface area contributed by atoms with E-state index in [0.29, 0.717) is 28.5 Å². The number of carbonyl (C=O) groups is 2. The average Bonchev–Trinajstić information content (AvgIpc) is 3.15. The van der Waals surface area contributed by atoms with Crippen LogP contribution < -0.4 is 10.6 Å². The van der Waals surface area contributed by atoms with Crippen LogP contribution in [0.25, 0.3) is 0 Å². The van der Waals surface area contributed by atoms with Crippen molar-refractivity contribution in [2.45, 2.75) is 26.3 Å². The molecule has 0 bridgehead atoms. The second kappa shape index (κ2) is 9.63. The van der Waals surface area contributed by atoms with Crippen LogP contribution in [0.15, 0.2) is 82.0 Å². The number of halogens is 1. The van der Waals surface area contributed by atoms with Gasteiger partial charge in [-0.1, -0.05) is 53.7 Å². The van der Waals surface area contributed by atoms with Gasteiger partial charge < -0.3 is 15.5 Å². The zero-order valence-corrected chi connectivity index (χ0v) is 19.3. The maximum atomic E-state index is 13.5. The molecule has 32 heavy (non-hydrogen) atoms. The molecule has 2 aliphatic rings. The monoisotopic (exact) mass is 466 g/mol. The van der Waals surface area contributed by atoms with Crippen molar-refractivity contribution in [3.05, 3.63) is 87.6 Å². The minimum atomic E-state index is -0.458. The van der Waals surface area contributed by atoms with Gasteiger partial charge in [0.15, 0.2) is 5.17 Å². The van der Waals surface area contributed by atoms with E-state index in [2.05, 4.69) is 10.6 Å². The first-order valence-corrected chi connectivity index (χ1v) is 11.6. The van der Waals surface area contributed by atoms with Gasteiger partial charge in [-0.05, 0) is 49.1 Å². The molecule has 0 unspecified atom stereocenters. The van der Waals surface area contributed by atoms with Crippen LogP contribution in [0.4, 0.5) is 5.69 Å². The highest BCUT2D eigenvalue weighted by molar-refractivity contribution is 8.16. The number of amides is 2. The van der Waals surface area contributed by atoms with E-state index < -0.39 is 6.04 Å². The number of hydrogen-bond donors (Lipinski definition) is 2. The van der Waals surface area contributed by atoms with Crippen LogP contribution in [0.2, 0.25) is 5.02 Å². The number of nitrogens with zero attached hydrogens (tertiary/aromatic N) is 2. The van der Waals surface area contributed by atoms with Crippen molar-refractivity contribution in [2.24, 2.45) is 4.99 Å². The molecule has 2 N–H and O–H groups in total. The second-order valence-electron chi connectivity index (χ2n) is 7.40. The Kier molecular flexibility index (Phi) is 6.67. The number of carbonyl (C=O) groups excluding carboxylic acids is 2. The third kappa shape index (κ3) is 4.59. The number of benzene rings is 2. The summed E-state index contributed by atoms with van der Waals surface area (Å²) in [4.78, 5) is 32.5. The van der Waals surface area contributed by atoms with Crippen LogP contribution >= 0.6 is 23.4 Å². The van der Waals surface area contributed by atoms with Crippen LogP contribution in [0.1, 0.15) is 31.9 Å². The number of amidine groups is 1. The van der Waals surface area contributed by atoms with Gasteiger partial charge in [0, 0.05) is 23.0 Å². The first-order valence-electron chi connectivity index (χ1n) is 10.3. The quantitative estimate of drug-likeness (QED) is 0.622. The van der Waals surface area contributed by atoms with Crippen molar-refractivity contribution in [3.63, 3.8) is 0 Å². The van der Waals surface area contributed by atoms with Crippen molar-refractivity contribution in [1.29, 1.82) is 0 Å². The first kappa shape index (κ1) is 22.2. The van der Waals surface area contributed by atoms with Crippen molar-refractivity contribution in [3.8, 4) is 0 Å². The van der Waals surface area contributed by atoms with E-state index in [1.165, 1.54) is 11.8 Å². The van der Waals surface area contributed by atoms with Crippen LogP contribution in [0.5, 0.6) is 0 Å². The smallest absolute Gasteiger partial charge is 0.255 e. The molecule has 0 saturated carbocycles. The molecule has 2 aliphatic heterocycles. The summed E-state index contributed by atoms with van der Waals surface area (Å²) in [6.07, 6.45) is 0.198. The number of fused-ring (bicyclic) bond motifs is 1. The number of aliphatic imine (C=N–C) groups is 1. The number of anilines is 1. The zero-order valence-electron chi connectivity index (χ0n) is 17.8. The number of para-hydroxylation sites is 1. The minimum Gasteiger partial charge on any atom is -0.356 e. The number of thioether (sulfide) groups is 1. The van der Waals surface area contributed by atoms with E-state index in [4.69, 9.17) is 16.6 Å². The largest absolute Gasteiger partial charge is 0.356 e. The molecule has 164 valence electrons. The van der Waals surface area contributed by atoms with Gasteiger partial charge in [0.1, 0.15) is 0 Å². The van der Waals surface area contributed by atoms with Gasteiger partial charge in [-0.15, -0.1) is 0 Å². The topological polar surface area (TPSA) is 73.8 Å². The van der Waals surface area contributed by atoms with Gasteiger partial charge in [0.25, 0.3) is 5.91 Å². The minimum absolute atomic E-state index is 0.0768. The lowest BCUT2D eigenvalue weighted by Crippen LogP contribution is -2.38. The molecule has 2 aromatic carbocycles. The second-order valence-corrected chi connectivity index (χ2v) is 8.67. The first-order chi connectivity index (χ1) is 15.5. The number of hydrogen-bond acceptors (Lipinski definition) is 5. The van der Waals surface area contributed by atoms with Crippen LogP contribution in [0, 0.1) is 0 Å². The SMILES string of the molecule is CCNC(=O)CC1=CSC2=NC(C)=C(C(=O)Nc3ccccc3)[C@@H](c3cccc(Cl)c3)N12. The lowest BCUT2D eigenvalue weighted by atomic mass is 9.93. The normalized spacial score (nSPS) is 17.5. The molecular weight excluding hydrogens is 444 g/mol. The molecule has 2 amide bonds. The fourth-order valence-electron chi connectivity index (χ4n) is 3.80. The summed E-state index contributed by atoms with van der Waals surface area (Å²) in [5.74, 6) is -0.317. The molecule has 1 atom stereocenters. The predicted octanol–water partition coefficient (Wildman–Crippen LogP) is 5.08. The van der Waals surface area contributed by atoms with Crippen LogP contribution in [0.3, 0.4) is 0 Å². The molecule has 0 saturated heterocycles. The lowest BCUT2D eigenvalue weighted by Gasteiger charge is -2.36. The summed E-state index contributed by atoms with van der Waals surface area (Å²) in [5, 5.41) is 9.06. The van der Waals surface area contributed by atoms with E-state index in [9.17, 15) is 9.59 Å². The summed E-state index contributed by atoms with van der Waals surface area (Å²) >= 11 is 7.77. The van der Waals surface area contributed by atoms with Crippen molar-refractivity contribution in [1.82, 2.24) is 10.2 Å². The number of allylic oxidation sites excluding steroid dienone is 1. The Morgan fingerprint density at radius 3 is 2.66 bits per heavy atom. The predicted molar refractivity (Wildman–Crippen MR) is 130 cm³/mol. The van der Waals surface area contributed by atoms with E-state index in [-0.39, 0.29) is 18.2 Å². The average molecular weight is 467 g/mol. The standard InChI is InChI=1S/C24H23ClN4O2S/c1-3-26-20(30)13-19-14-32-24-27-15(2)21(23(31)28-18-10-5-4-6-11-18)22(29(19)24)16-8-7-9-17(25)12-16/h4-12,14,22H,3,13H2,1-2H3,(H,26,30)(H,28,31)/t22-/m1/s1. The van der Waals surface area contributed by atoms with E-state index in [1.54, 1.807) is 6.07 Å². The molecule has 6 nitrogen and oxygen atoms in total. The van der Waals surface area contributed by atoms with Crippen molar-refractivity contribution < 1.29 is 9.59 Å². The van der Waals surface area contributed by atoms with E-state index in [1.807, 2.05) is 72.7 Å². The summed E-state index contributed by atoms with van der Waals surface area (Å²) in [7, 11) is 0. The molecule has 0 aromatic heterocycles. The number of nitrogens with one attached hydrogen (secondary N) is 2. The van der Waals surface area contributed by atoms with Gasteiger partial charge in [-0.25, -0.2) is 4.99 Å². The molecule has 4 rings (SSSR count). The molecule has 0 radical (unpaired) electrons. The fourth-order valence-corrected chi connectivity index (χ4v) is 4.96. The highest BCUT2D eigenvalue weighted by Gasteiger charge is 2.40. The molecular formula is C24H23ClN4O2S. The van der Waals surface area contributed by atoms with Gasteiger partial charge >= 0.3 is 0 Å². The van der Waals surface area contributed by atoms with Crippen LogP contribution in [-0.2, 0) is 9.59 Å². The molecule has 2 heterocycles. The van der Waals surface area contributed by atoms with E-state index in [0.717, 1.165) is 16.4 Å². The molecule has 2 aromatic rings. The molecule has 0 spiro atoms. The molecule has 8 heteroatoms. The maximum absolute atomic E-state index is 13.5. The fraction of sp³-hybridized carbons (Fsp3) is 0.208. The Morgan fingerprint density at radius 2 is 1.94 bits per heavy atom. The molecule has 0 fully saturated rings. The Labute approximate surface area is 196 Å². The Bertz CT molecular complexity index is 1140. The lowest BCUT2D eigenvalue weighted by molar-refractivity contribution is -0.120. The van der Waals surface area contributed by atoms with Crippen molar-refractivity contribution >= 4 is 46.0 Å². The third-order valence-corrected chi connectivity index (χ3v) is 6.28. The zero-order chi connectivity index (χ0) is 22.7. The highest BCUT2D eigenvalue weighted by Crippen LogP contribution is 2.45. The summed E-state index contributed by atoms with van der Waals surface area (Å²) in [5.41, 5.74) is 3.50. The maximum Gasteiger partial charge on any atom is 0.255 e. The van der Waals surface area contributed by atoms with Gasteiger partial charge in [-0.3, -0.25) is 9.59 Å². The summed E-state index contributed by atoms with van der Waals surface area (Å²) in [6.45, 7) is 4.28. The summed E-state index contributed by atoms with van der Waals surface area (Å²) in [6, 6.07) is 16.3. The van der Waals surface area contributed by atoms with Gasteiger partial charge in [0.05, 0.1) is 23.7 Å². The highest BCUT2D eigenvalue weighted by atomic mass is 35.5. The Morgan fingerprint density at radius 1 is 1.16 bits per heavy atom. The van der Waals surface area contributed by atoms with Crippen molar-refractivity contribution in [2.75, 3.05) is 11.9 Å². The van der Waals surface area contributed by atoms with Crippen LogP contribution in [-0.4, -0.2) is 28.4 Å². The summed E-state index contributed by atoms with van der Waals surface area (Å²) < 4.78 is 0. The van der Waals surface area contributed by atoms with Gasteiger partial charge in [0.2, 0.25) is 5.91 Å². The number of rotatable bonds is 6. The Hall–Kier alpha value is -3.03. The third-order valence-electron chi connectivity index (χ3n) is 5.16. The van der Waals surface area contributed by atoms with Gasteiger partial charge in [-0.2, -0.15) is 0 Å². The molecule has 0 aliphatic carbocycles. The van der Waals surface area contributed by atoms with E-state index >= 15 is 0 Å².